The Bertz CT molecular complexity index is 1490. The highest BCUT2D eigenvalue weighted by atomic mass is 35.5. The van der Waals surface area contributed by atoms with E-state index in [1.165, 1.54) is 28.6 Å². The number of benzene rings is 3. The maximum Gasteiger partial charge on any atom is 0.283 e. The number of halogens is 1. The van der Waals surface area contributed by atoms with Gasteiger partial charge < -0.3 is 5.11 Å². The monoisotopic (exact) mass is 431 g/mol. The summed E-state index contributed by atoms with van der Waals surface area (Å²) in [5.41, 5.74) is 1.95. The van der Waals surface area contributed by atoms with Crippen molar-refractivity contribution >= 4 is 50.1 Å². The lowest BCUT2D eigenvalue weighted by atomic mass is 10.0. The normalized spacial score (nSPS) is 11.6. The molecule has 146 valence electrons. The quantitative estimate of drug-likeness (QED) is 0.382. The third-order valence-electron chi connectivity index (χ3n) is 4.89. The molecule has 5 aromatic rings. The van der Waals surface area contributed by atoms with Crippen LogP contribution < -0.4 is 5.56 Å². The summed E-state index contributed by atoms with van der Waals surface area (Å²) < 4.78 is 1.19. The van der Waals surface area contributed by atoms with E-state index < -0.39 is 0 Å². The van der Waals surface area contributed by atoms with Crippen LogP contribution in [0.1, 0.15) is 5.56 Å². The molecule has 0 aliphatic heterocycles. The lowest BCUT2D eigenvalue weighted by Crippen LogP contribution is -2.16. The predicted molar refractivity (Wildman–Crippen MR) is 123 cm³/mol. The van der Waals surface area contributed by atoms with Gasteiger partial charge in [0.15, 0.2) is 0 Å². The topological polar surface area (TPSA) is 67.5 Å². The molecule has 0 saturated carbocycles. The number of nitrogens with zero attached hydrogens (tertiary/aromatic N) is 3. The van der Waals surface area contributed by atoms with Crippen molar-refractivity contribution in [2.24, 2.45) is 5.10 Å². The summed E-state index contributed by atoms with van der Waals surface area (Å²) in [6, 6.07) is 18.5. The molecule has 0 spiro atoms. The van der Waals surface area contributed by atoms with E-state index in [4.69, 9.17) is 11.6 Å². The molecule has 2 aromatic heterocycles. The average Bonchev–Trinajstić information content (AvgIpc) is 3.20. The highest BCUT2D eigenvalue weighted by Gasteiger charge is 2.13. The highest BCUT2D eigenvalue weighted by molar-refractivity contribution is 7.17. The molecule has 1 N–H and O–H groups in total. The molecular formula is C23H14ClN3O2S. The maximum atomic E-state index is 13.1. The number of rotatable bonds is 3. The zero-order valence-electron chi connectivity index (χ0n) is 15.5. The van der Waals surface area contributed by atoms with E-state index in [9.17, 15) is 9.90 Å². The number of fused-ring (bicyclic) bond motifs is 2. The summed E-state index contributed by atoms with van der Waals surface area (Å²) >= 11 is 7.39. The molecule has 0 aliphatic rings. The first kappa shape index (κ1) is 18.5. The first-order valence-electron chi connectivity index (χ1n) is 9.12. The third kappa shape index (κ3) is 3.16. The second kappa shape index (κ2) is 7.40. The minimum Gasteiger partial charge on any atom is -0.507 e. The Morgan fingerprint density at radius 2 is 1.87 bits per heavy atom. The molecular weight excluding hydrogens is 418 g/mol. The zero-order valence-corrected chi connectivity index (χ0v) is 17.1. The van der Waals surface area contributed by atoms with Crippen LogP contribution in [0.3, 0.4) is 0 Å². The summed E-state index contributed by atoms with van der Waals surface area (Å²) in [6.07, 6.45) is 2.88. The molecule has 30 heavy (non-hydrogen) atoms. The molecule has 2 heterocycles. The molecule has 0 atom stereocenters. The molecule has 5 nitrogen and oxygen atoms in total. The molecule has 0 amide bonds. The van der Waals surface area contributed by atoms with Crippen LogP contribution in [0.15, 0.2) is 82.3 Å². The van der Waals surface area contributed by atoms with Gasteiger partial charge >= 0.3 is 0 Å². The van der Waals surface area contributed by atoms with Gasteiger partial charge in [-0.2, -0.15) is 9.78 Å². The molecule has 5 rings (SSSR count). The largest absolute Gasteiger partial charge is 0.507 e. The average molecular weight is 432 g/mol. The van der Waals surface area contributed by atoms with E-state index in [1.807, 2.05) is 47.8 Å². The summed E-state index contributed by atoms with van der Waals surface area (Å²) in [5, 5.41) is 19.5. The summed E-state index contributed by atoms with van der Waals surface area (Å²) in [5.74, 6) is 0.0944. The SMILES string of the molecule is O=c1c2c(-c3ccc(Cl)cc3)csc2ncn1/N=C\c1c(O)ccc2ccccc12. The van der Waals surface area contributed by atoms with Gasteiger partial charge in [-0.25, -0.2) is 4.98 Å². The molecule has 0 aliphatic carbocycles. The molecule has 7 heteroatoms. The number of hydrogen-bond donors (Lipinski definition) is 1. The molecule has 0 bridgehead atoms. The van der Waals surface area contributed by atoms with Crippen molar-refractivity contribution in [2.75, 3.05) is 0 Å². The molecule has 0 unspecified atom stereocenters. The second-order valence-corrected chi connectivity index (χ2v) is 7.99. The summed E-state index contributed by atoms with van der Waals surface area (Å²) in [7, 11) is 0. The van der Waals surface area contributed by atoms with Crippen molar-refractivity contribution < 1.29 is 5.11 Å². The maximum absolute atomic E-state index is 13.1. The van der Waals surface area contributed by atoms with Gasteiger partial charge in [0.25, 0.3) is 5.56 Å². The zero-order chi connectivity index (χ0) is 20.7. The van der Waals surface area contributed by atoms with Crippen LogP contribution in [0.2, 0.25) is 5.02 Å². The van der Waals surface area contributed by atoms with Crippen LogP contribution in [-0.2, 0) is 0 Å². The van der Waals surface area contributed by atoms with Gasteiger partial charge in [0.2, 0.25) is 0 Å². The number of phenols is 1. The van der Waals surface area contributed by atoms with Crippen LogP contribution in [0.25, 0.3) is 32.1 Å². The van der Waals surface area contributed by atoms with Crippen LogP contribution in [-0.4, -0.2) is 21.0 Å². The van der Waals surface area contributed by atoms with Crippen LogP contribution in [0, 0.1) is 0 Å². The summed E-state index contributed by atoms with van der Waals surface area (Å²) in [6.45, 7) is 0. The van der Waals surface area contributed by atoms with E-state index in [2.05, 4.69) is 10.1 Å². The Morgan fingerprint density at radius 1 is 1.07 bits per heavy atom. The lowest BCUT2D eigenvalue weighted by Gasteiger charge is -2.05. The van der Waals surface area contributed by atoms with Crippen LogP contribution in [0.4, 0.5) is 0 Å². The van der Waals surface area contributed by atoms with Crippen LogP contribution >= 0.6 is 22.9 Å². The number of aromatic nitrogens is 2. The third-order valence-corrected chi connectivity index (χ3v) is 6.03. The Hall–Kier alpha value is -3.48. The van der Waals surface area contributed by atoms with Crippen molar-refractivity contribution in [3.8, 4) is 16.9 Å². The lowest BCUT2D eigenvalue weighted by molar-refractivity contribution is 0.475. The van der Waals surface area contributed by atoms with Crippen molar-refractivity contribution in [3.63, 3.8) is 0 Å². The Labute approximate surface area is 180 Å². The van der Waals surface area contributed by atoms with Gasteiger partial charge in [0.1, 0.15) is 16.9 Å². The summed E-state index contributed by atoms with van der Waals surface area (Å²) in [4.78, 5) is 18.2. The molecule has 0 saturated heterocycles. The number of thiophene rings is 1. The van der Waals surface area contributed by atoms with E-state index >= 15 is 0 Å². The molecule has 3 aromatic carbocycles. The fourth-order valence-electron chi connectivity index (χ4n) is 3.39. The minimum absolute atomic E-state index is 0.0944. The minimum atomic E-state index is -0.276. The van der Waals surface area contributed by atoms with Crippen molar-refractivity contribution in [3.05, 3.63) is 93.3 Å². The first-order chi connectivity index (χ1) is 14.6. The number of aromatic hydroxyl groups is 1. The molecule has 0 fully saturated rings. The van der Waals surface area contributed by atoms with Gasteiger partial charge in [-0.3, -0.25) is 4.79 Å². The van der Waals surface area contributed by atoms with Crippen molar-refractivity contribution in [1.29, 1.82) is 0 Å². The van der Waals surface area contributed by atoms with Crippen molar-refractivity contribution in [2.45, 2.75) is 0 Å². The van der Waals surface area contributed by atoms with Crippen LogP contribution in [0.5, 0.6) is 5.75 Å². The first-order valence-corrected chi connectivity index (χ1v) is 10.4. The predicted octanol–water partition coefficient (Wildman–Crippen LogP) is 5.52. The van der Waals surface area contributed by atoms with Gasteiger partial charge in [-0.1, -0.05) is 54.1 Å². The smallest absolute Gasteiger partial charge is 0.283 e. The Kier molecular flexibility index (Phi) is 4.58. The fourth-order valence-corrected chi connectivity index (χ4v) is 4.42. The van der Waals surface area contributed by atoms with Gasteiger partial charge in [-0.15, -0.1) is 11.3 Å². The second-order valence-electron chi connectivity index (χ2n) is 6.69. The standard InChI is InChI=1S/C23H14ClN3O2S/c24-16-8-5-15(6-9-16)19-12-30-22-21(19)23(29)27(13-25-22)26-11-18-17-4-2-1-3-14(17)7-10-20(18)28/h1-13,28H/b26-11-. The van der Waals surface area contributed by atoms with Gasteiger partial charge in [0.05, 0.1) is 11.6 Å². The van der Waals surface area contributed by atoms with E-state index in [-0.39, 0.29) is 11.3 Å². The van der Waals surface area contributed by atoms with Crippen molar-refractivity contribution in [1.82, 2.24) is 9.66 Å². The van der Waals surface area contributed by atoms with E-state index in [1.54, 1.807) is 18.2 Å². The number of hydrogen-bond acceptors (Lipinski definition) is 5. The van der Waals surface area contributed by atoms with E-state index in [0.29, 0.717) is 20.8 Å². The fraction of sp³-hybridized carbons (Fsp3) is 0. The Morgan fingerprint density at radius 3 is 2.70 bits per heavy atom. The van der Waals surface area contributed by atoms with Gasteiger partial charge in [0, 0.05) is 21.5 Å². The highest BCUT2D eigenvalue weighted by Crippen LogP contribution is 2.31. The number of phenolic OH excluding ortho intramolecular Hbond substituents is 1. The van der Waals surface area contributed by atoms with Gasteiger partial charge in [-0.05, 0) is 34.5 Å². The Balaban J connectivity index is 1.64. The van der Waals surface area contributed by atoms with E-state index in [0.717, 1.165) is 21.9 Å². The molecule has 0 radical (unpaired) electrons.